The molecular formula is C28H32ClN5O5S. The fraction of sp³-hybridized carbons (Fsp3) is 0.393. The van der Waals surface area contributed by atoms with Gasteiger partial charge in [-0.05, 0) is 66.9 Å². The number of fused-ring (bicyclic) bond motifs is 1. The Labute approximate surface area is 238 Å². The maximum Gasteiger partial charge on any atom is 0.407 e. The lowest BCUT2D eigenvalue weighted by atomic mass is 9.86. The zero-order valence-corrected chi connectivity index (χ0v) is 23.8. The molecule has 1 aromatic heterocycles. The number of anilines is 1. The summed E-state index contributed by atoms with van der Waals surface area (Å²) in [5.74, 6) is -0.302. The molecule has 2 aliphatic rings. The molecule has 2 aliphatic heterocycles. The number of piperidine rings is 1. The van der Waals surface area contributed by atoms with Crippen LogP contribution in [0.1, 0.15) is 19.8 Å². The van der Waals surface area contributed by atoms with Crippen LogP contribution < -0.4 is 10.2 Å². The Kier molecular flexibility index (Phi) is 8.16. The number of benzene rings is 2. The highest BCUT2D eigenvalue weighted by atomic mass is 35.5. The van der Waals surface area contributed by atoms with Crippen LogP contribution in [0.15, 0.2) is 65.8 Å². The third-order valence-electron chi connectivity index (χ3n) is 7.58. The largest absolute Gasteiger partial charge is 0.450 e. The molecule has 3 aromatic rings. The van der Waals surface area contributed by atoms with Crippen LogP contribution in [-0.2, 0) is 19.6 Å². The zero-order chi connectivity index (χ0) is 28.3. The van der Waals surface area contributed by atoms with Crippen molar-refractivity contribution in [2.45, 2.75) is 30.2 Å². The van der Waals surface area contributed by atoms with Crippen LogP contribution in [0.25, 0.3) is 10.8 Å². The molecule has 1 N–H and O–H groups in total. The summed E-state index contributed by atoms with van der Waals surface area (Å²) in [5.41, 5.74) is 0.359. The molecule has 0 unspecified atom stereocenters. The van der Waals surface area contributed by atoms with E-state index in [-0.39, 0.29) is 43.6 Å². The summed E-state index contributed by atoms with van der Waals surface area (Å²) in [4.78, 5) is 33.9. The Morgan fingerprint density at radius 3 is 2.42 bits per heavy atom. The quantitative estimate of drug-likeness (QED) is 0.451. The van der Waals surface area contributed by atoms with E-state index in [0.717, 1.165) is 16.5 Å². The first kappa shape index (κ1) is 28.1. The predicted octanol–water partition coefficient (Wildman–Crippen LogP) is 3.51. The number of piperazine rings is 1. The lowest BCUT2D eigenvalue weighted by Gasteiger charge is -2.46. The minimum absolute atomic E-state index is 0.132. The summed E-state index contributed by atoms with van der Waals surface area (Å²) in [7, 11) is -3.88. The summed E-state index contributed by atoms with van der Waals surface area (Å²) in [6.45, 7) is 3.72. The first-order valence-electron chi connectivity index (χ1n) is 13.3. The first-order chi connectivity index (χ1) is 19.2. The molecule has 0 spiro atoms. The Bertz CT molecular complexity index is 1500. The van der Waals surface area contributed by atoms with Gasteiger partial charge in [-0.25, -0.2) is 13.2 Å². The number of nitrogens with zero attached hydrogens (tertiary/aromatic N) is 4. The van der Waals surface area contributed by atoms with Crippen molar-refractivity contribution in [3.05, 3.63) is 65.9 Å². The lowest BCUT2D eigenvalue weighted by molar-refractivity contribution is -0.135. The van der Waals surface area contributed by atoms with E-state index in [2.05, 4.69) is 15.2 Å². The Morgan fingerprint density at radius 2 is 1.73 bits per heavy atom. The second kappa shape index (κ2) is 11.6. The number of ether oxygens (including phenoxy) is 1. The molecule has 0 aliphatic carbocycles. The van der Waals surface area contributed by atoms with Gasteiger partial charge in [-0.1, -0.05) is 23.7 Å². The normalized spacial score (nSPS) is 18.1. The maximum absolute atomic E-state index is 13.4. The number of aromatic nitrogens is 1. The number of rotatable bonds is 7. The molecule has 40 heavy (non-hydrogen) atoms. The molecule has 0 bridgehead atoms. The average Bonchev–Trinajstić information content (AvgIpc) is 2.94. The topological polar surface area (TPSA) is 112 Å². The van der Waals surface area contributed by atoms with Crippen molar-refractivity contribution in [2.24, 2.45) is 0 Å². The second-order valence-corrected chi connectivity index (χ2v) is 12.5. The van der Waals surface area contributed by atoms with Crippen molar-refractivity contribution in [3.8, 4) is 0 Å². The van der Waals surface area contributed by atoms with E-state index in [9.17, 15) is 18.0 Å². The van der Waals surface area contributed by atoms with Gasteiger partial charge in [0.2, 0.25) is 15.9 Å². The molecule has 3 heterocycles. The fourth-order valence-corrected chi connectivity index (χ4v) is 6.98. The van der Waals surface area contributed by atoms with Gasteiger partial charge in [-0.2, -0.15) is 4.31 Å². The van der Waals surface area contributed by atoms with Crippen molar-refractivity contribution in [1.82, 2.24) is 19.5 Å². The summed E-state index contributed by atoms with van der Waals surface area (Å²) in [5, 5.41) is 5.18. The lowest BCUT2D eigenvalue weighted by Crippen LogP contribution is -2.64. The molecular weight excluding hydrogens is 554 g/mol. The predicted molar refractivity (Wildman–Crippen MR) is 153 cm³/mol. The highest BCUT2D eigenvalue weighted by Crippen LogP contribution is 2.29. The van der Waals surface area contributed by atoms with Crippen molar-refractivity contribution >= 4 is 50.1 Å². The summed E-state index contributed by atoms with van der Waals surface area (Å²) in [6.07, 6.45) is 4.16. The molecule has 2 aromatic carbocycles. The van der Waals surface area contributed by atoms with Crippen LogP contribution in [-0.4, -0.2) is 86.0 Å². The van der Waals surface area contributed by atoms with Gasteiger partial charge in [0.05, 0.1) is 23.6 Å². The number of halogens is 1. The van der Waals surface area contributed by atoms with E-state index in [1.54, 1.807) is 60.6 Å². The van der Waals surface area contributed by atoms with Crippen molar-refractivity contribution < 1.29 is 22.7 Å². The van der Waals surface area contributed by atoms with Gasteiger partial charge >= 0.3 is 6.09 Å². The second-order valence-electron chi connectivity index (χ2n) is 10.1. The fourth-order valence-electron chi connectivity index (χ4n) is 5.38. The maximum atomic E-state index is 13.4. The van der Waals surface area contributed by atoms with Gasteiger partial charge in [0.25, 0.3) is 0 Å². The molecule has 10 nitrogen and oxygen atoms in total. The molecule has 0 saturated carbocycles. The van der Waals surface area contributed by atoms with E-state index in [1.165, 1.54) is 4.31 Å². The van der Waals surface area contributed by atoms with Gasteiger partial charge in [-0.3, -0.25) is 9.78 Å². The third kappa shape index (κ3) is 6.01. The van der Waals surface area contributed by atoms with Gasteiger partial charge in [-0.15, -0.1) is 0 Å². The van der Waals surface area contributed by atoms with Gasteiger partial charge in [0.15, 0.2) is 0 Å². The monoisotopic (exact) mass is 585 g/mol. The number of sulfonamides is 1. The number of amides is 2. The molecule has 2 saturated heterocycles. The van der Waals surface area contributed by atoms with Gasteiger partial charge in [0, 0.05) is 55.8 Å². The summed E-state index contributed by atoms with van der Waals surface area (Å²) >= 11 is 6.05. The molecule has 0 atom stereocenters. The summed E-state index contributed by atoms with van der Waals surface area (Å²) in [6, 6.07) is 14.0. The molecule has 0 radical (unpaired) electrons. The number of nitrogens with one attached hydrogen (secondary N) is 1. The van der Waals surface area contributed by atoms with Crippen LogP contribution in [0.5, 0.6) is 0 Å². The number of carbonyl (C=O) groups excluding carboxylic acids is 2. The van der Waals surface area contributed by atoms with Crippen LogP contribution in [0.4, 0.5) is 10.5 Å². The standard InChI is InChI=1S/C28H32ClN5O5S/c1-2-39-27(36)31-28(9-13-32(14-10-28)24-7-11-30-12-8-24)20-33-15-16-34(19-26(33)35)40(37,38)25-6-4-21-17-23(29)5-3-22(21)18-25/h3-8,11-12,17-18H,2,9-10,13-16,19-20H2,1H3,(H,31,36). The zero-order valence-electron chi connectivity index (χ0n) is 22.3. The Morgan fingerprint density at radius 1 is 1.02 bits per heavy atom. The van der Waals surface area contributed by atoms with Crippen LogP contribution >= 0.6 is 11.6 Å². The van der Waals surface area contributed by atoms with Gasteiger partial charge < -0.3 is 19.9 Å². The SMILES string of the molecule is CCOC(=O)NC1(CN2CCN(S(=O)(=O)c3ccc4cc(Cl)ccc4c3)CC2=O)CCN(c2ccncc2)CC1. The average molecular weight is 586 g/mol. The smallest absolute Gasteiger partial charge is 0.407 e. The van der Waals surface area contributed by atoms with E-state index in [4.69, 9.17) is 16.3 Å². The van der Waals surface area contributed by atoms with E-state index >= 15 is 0 Å². The van der Waals surface area contributed by atoms with Crippen LogP contribution in [0.2, 0.25) is 5.02 Å². The molecule has 5 rings (SSSR count). The van der Waals surface area contributed by atoms with E-state index < -0.39 is 21.7 Å². The summed E-state index contributed by atoms with van der Waals surface area (Å²) < 4.78 is 33.3. The van der Waals surface area contributed by atoms with Gasteiger partial charge in [0.1, 0.15) is 0 Å². The molecule has 212 valence electrons. The minimum Gasteiger partial charge on any atom is -0.450 e. The first-order valence-corrected chi connectivity index (χ1v) is 15.1. The number of pyridine rings is 1. The van der Waals surface area contributed by atoms with Crippen LogP contribution in [0.3, 0.4) is 0 Å². The van der Waals surface area contributed by atoms with Crippen molar-refractivity contribution in [2.75, 3.05) is 50.8 Å². The van der Waals surface area contributed by atoms with E-state index in [0.29, 0.717) is 31.0 Å². The number of carbonyl (C=O) groups is 2. The van der Waals surface area contributed by atoms with Crippen LogP contribution in [0, 0.1) is 0 Å². The molecule has 2 amide bonds. The Balaban J connectivity index is 1.28. The van der Waals surface area contributed by atoms with Crippen molar-refractivity contribution in [3.63, 3.8) is 0 Å². The highest BCUT2D eigenvalue weighted by Gasteiger charge is 2.41. The molecule has 12 heteroatoms. The molecule has 2 fully saturated rings. The third-order valence-corrected chi connectivity index (χ3v) is 9.66. The highest BCUT2D eigenvalue weighted by molar-refractivity contribution is 7.89. The number of hydrogen-bond acceptors (Lipinski definition) is 7. The van der Waals surface area contributed by atoms with E-state index in [1.807, 2.05) is 12.1 Å². The number of alkyl carbamates (subject to hydrolysis) is 1. The number of hydrogen-bond donors (Lipinski definition) is 1. The van der Waals surface area contributed by atoms with Crippen molar-refractivity contribution in [1.29, 1.82) is 0 Å². The minimum atomic E-state index is -3.88. The Hall–Kier alpha value is -3.41.